The van der Waals surface area contributed by atoms with Gasteiger partial charge in [0.1, 0.15) is 0 Å². The number of carbonyl (C=O) groups is 1. The molecule has 1 saturated carbocycles. The Morgan fingerprint density at radius 3 is 2.62 bits per heavy atom. The standard InChI is InChI=1S/C11H16N4O/c1-14-7-10(12-13-14)11(16)15-5-8-3-2-4-9(8)6-15/h7-9H,2-6H2,1H3. The average Bonchev–Trinajstić information content (AvgIpc) is 2.89. The third-order valence-corrected chi connectivity index (χ3v) is 3.84. The summed E-state index contributed by atoms with van der Waals surface area (Å²) in [5.41, 5.74) is 0.475. The quantitative estimate of drug-likeness (QED) is 0.699. The summed E-state index contributed by atoms with van der Waals surface area (Å²) >= 11 is 0. The lowest BCUT2D eigenvalue weighted by Gasteiger charge is -2.15. The van der Waals surface area contributed by atoms with Crippen molar-refractivity contribution in [2.75, 3.05) is 13.1 Å². The highest BCUT2D eigenvalue weighted by Gasteiger charge is 2.38. The summed E-state index contributed by atoms with van der Waals surface area (Å²) in [6.45, 7) is 1.83. The predicted molar refractivity (Wildman–Crippen MR) is 57.7 cm³/mol. The zero-order valence-electron chi connectivity index (χ0n) is 9.46. The van der Waals surface area contributed by atoms with Crippen LogP contribution in [-0.2, 0) is 7.05 Å². The largest absolute Gasteiger partial charge is 0.337 e. The van der Waals surface area contributed by atoms with Crippen LogP contribution >= 0.6 is 0 Å². The van der Waals surface area contributed by atoms with Crippen molar-refractivity contribution in [1.82, 2.24) is 19.9 Å². The number of likely N-dealkylation sites (tertiary alicyclic amines) is 1. The first-order chi connectivity index (χ1) is 7.74. The van der Waals surface area contributed by atoms with Crippen molar-refractivity contribution in [3.63, 3.8) is 0 Å². The number of carbonyl (C=O) groups excluding carboxylic acids is 1. The van der Waals surface area contributed by atoms with Gasteiger partial charge >= 0.3 is 0 Å². The number of aromatic nitrogens is 3. The maximum Gasteiger partial charge on any atom is 0.276 e. The number of fused-ring (bicyclic) bond motifs is 1. The molecule has 0 N–H and O–H groups in total. The second-order valence-corrected chi connectivity index (χ2v) is 4.94. The van der Waals surface area contributed by atoms with Crippen molar-refractivity contribution in [2.45, 2.75) is 19.3 Å². The first-order valence-electron chi connectivity index (χ1n) is 5.89. The van der Waals surface area contributed by atoms with E-state index in [0.29, 0.717) is 5.69 Å². The molecule has 2 atom stereocenters. The SMILES string of the molecule is Cn1cc(C(=O)N2CC3CCCC3C2)nn1. The molecule has 0 aromatic carbocycles. The van der Waals surface area contributed by atoms with Crippen molar-refractivity contribution in [2.24, 2.45) is 18.9 Å². The second-order valence-electron chi connectivity index (χ2n) is 4.94. The Morgan fingerprint density at radius 2 is 2.06 bits per heavy atom. The number of nitrogens with zero attached hydrogens (tertiary/aromatic N) is 4. The molecule has 2 heterocycles. The molecule has 3 rings (SSSR count). The number of aryl methyl sites for hydroxylation is 1. The Hall–Kier alpha value is -1.39. The van der Waals surface area contributed by atoms with E-state index in [1.807, 2.05) is 4.90 Å². The minimum absolute atomic E-state index is 0.0440. The second kappa shape index (κ2) is 3.57. The van der Waals surface area contributed by atoms with Crippen molar-refractivity contribution in [1.29, 1.82) is 0 Å². The molecule has 1 aliphatic heterocycles. The lowest BCUT2D eigenvalue weighted by atomic mass is 10.0. The predicted octanol–water partition coefficient (Wildman–Crippen LogP) is 0.687. The van der Waals surface area contributed by atoms with Crippen LogP contribution in [0.3, 0.4) is 0 Å². The molecule has 86 valence electrons. The van der Waals surface area contributed by atoms with Crippen LogP contribution in [0.2, 0.25) is 0 Å². The molecule has 0 radical (unpaired) electrons. The van der Waals surface area contributed by atoms with Gasteiger partial charge in [0.25, 0.3) is 5.91 Å². The Kier molecular flexibility index (Phi) is 2.19. The van der Waals surface area contributed by atoms with E-state index in [1.165, 1.54) is 19.3 Å². The Balaban J connectivity index is 1.73. The monoisotopic (exact) mass is 220 g/mol. The molecule has 0 bridgehead atoms. The van der Waals surface area contributed by atoms with Crippen LogP contribution in [0.5, 0.6) is 0 Å². The van der Waals surface area contributed by atoms with Gasteiger partial charge in [-0.3, -0.25) is 9.48 Å². The fourth-order valence-corrected chi connectivity index (χ4v) is 3.01. The molecule has 16 heavy (non-hydrogen) atoms. The van der Waals surface area contributed by atoms with Gasteiger partial charge in [-0.1, -0.05) is 11.6 Å². The Labute approximate surface area is 94.4 Å². The van der Waals surface area contributed by atoms with Gasteiger partial charge in [0, 0.05) is 20.1 Å². The highest BCUT2D eigenvalue weighted by atomic mass is 16.2. The molecule has 5 heteroatoms. The van der Waals surface area contributed by atoms with Gasteiger partial charge < -0.3 is 4.90 Å². The van der Waals surface area contributed by atoms with E-state index in [0.717, 1.165) is 24.9 Å². The zero-order chi connectivity index (χ0) is 11.1. The fourth-order valence-electron chi connectivity index (χ4n) is 3.01. The van der Waals surface area contributed by atoms with E-state index in [4.69, 9.17) is 0 Å². The Bertz CT molecular complexity index is 402. The maximum absolute atomic E-state index is 12.1. The number of amides is 1. The molecular formula is C11H16N4O. The highest BCUT2D eigenvalue weighted by Crippen LogP contribution is 2.37. The third-order valence-electron chi connectivity index (χ3n) is 3.84. The summed E-state index contributed by atoms with van der Waals surface area (Å²) in [4.78, 5) is 14.0. The molecule has 2 unspecified atom stereocenters. The summed E-state index contributed by atoms with van der Waals surface area (Å²) in [5.74, 6) is 1.52. The molecule has 1 aromatic heterocycles. The van der Waals surface area contributed by atoms with Crippen LogP contribution in [0.4, 0.5) is 0 Å². The van der Waals surface area contributed by atoms with Crippen molar-refractivity contribution in [3.05, 3.63) is 11.9 Å². The molecule has 0 spiro atoms. The topological polar surface area (TPSA) is 51.0 Å². The average molecular weight is 220 g/mol. The van der Waals surface area contributed by atoms with Gasteiger partial charge in [0.05, 0.1) is 6.20 Å². The minimum atomic E-state index is 0.0440. The van der Waals surface area contributed by atoms with Gasteiger partial charge in [-0.2, -0.15) is 0 Å². The van der Waals surface area contributed by atoms with E-state index in [-0.39, 0.29) is 5.91 Å². The molecule has 1 amide bonds. The van der Waals surface area contributed by atoms with Gasteiger partial charge in [-0.05, 0) is 24.7 Å². The van der Waals surface area contributed by atoms with Crippen LogP contribution in [0.1, 0.15) is 29.8 Å². The molecule has 1 aliphatic carbocycles. The first-order valence-corrected chi connectivity index (χ1v) is 5.89. The smallest absolute Gasteiger partial charge is 0.276 e. The molecule has 2 aliphatic rings. The van der Waals surface area contributed by atoms with Crippen molar-refractivity contribution >= 4 is 5.91 Å². The Morgan fingerprint density at radius 1 is 1.38 bits per heavy atom. The number of hydrogen-bond donors (Lipinski definition) is 0. The van der Waals surface area contributed by atoms with E-state index in [9.17, 15) is 4.79 Å². The zero-order valence-corrected chi connectivity index (χ0v) is 9.46. The van der Waals surface area contributed by atoms with Crippen LogP contribution in [0, 0.1) is 11.8 Å². The van der Waals surface area contributed by atoms with Gasteiger partial charge in [0.15, 0.2) is 5.69 Å². The van der Waals surface area contributed by atoms with Crippen molar-refractivity contribution < 1.29 is 4.79 Å². The number of hydrogen-bond acceptors (Lipinski definition) is 3. The summed E-state index contributed by atoms with van der Waals surface area (Å²) in [6.07, 6.45) is 5.60. The first kappa shape index (κ1) is 9.81. The summed E-state index contributed by atoms with van der Waals surface area (Å²) in [7, 11) is 1.78. The van der Waals surface area contributed by atoms with E-state index < -0.39 is 0 Å². The van der Waals surface area contributed by atoms with Crippen LogP contribution in [0.15, 0.2) is 6.20 Å². The van der Waals surface area contributed by atoms with E-state index >= 15 is 0 Å². The van der Waals surface area contributed by atoms with Crippen LogP contribution < -0.4 is 0 Å². The lowest BCUT2D eigenvalue weighted by Crippen LogP contribution is -2.29. The highest BCUT2D eigenvalue weighted by molar-refractivity contribution is 5.92. The molecule has 2 fully saturated rings. The molecule has 1 saturated heterocycles. The fraction of sp³-hybridized carbons (Fsp3) is 0.727. The summed E-state index contributed by atoms with van der Waals surface area (Å²) in [5, 5.41) is 7.68. The van der Waals surface area contributed by atoms with Gasteiger partial charge in [-0.25, -0.2) is 0 Å². The van der Waals surface area contributed by atoms with E-state index in [2.05, 4.69) is 10.3 Å². The molecule has 5 nitrogen and oxygen atoms in total. The van der Waals surface area contributed by atoms with Gasteiger partial charge in [0.2, 0.25) is 0 Å². The number of rotatable bonds is 1. The minimum Gasteiger partial charge on any atom is -0.337 e. The summed E-state index contributed by atoms with van der Waals surface area (Å²) in [6, 6.07) is 0. The van der Waals surface area contributed by atoms with Crippen LogP contribution in [-0.4, -0.2) is 38.9 Å². The molecule has 1 aromatic rings. The maximum atomic E-state index is 12.1. The third kappa shape index (κ3) is 1.50. The van der Waals surface area contributed by atoms with Gasteiger partial charge in [-0.15, -0.1) is 5.10 Å². The lowest BCUT2D eigenvalue weighted by molar-refractivity contribution is 0.0774. The summed E-state index contributed by atoms with van der Waals surface area (Å²) < 4.78 is 1.57. The molecular weight excluding hydrogens is 204 g/mol. The van der Waals surface area contributed by atoms with E-state index in [1.54, 1.807) is 17.9 Å². The van der Waals surface area contributed by atoms with Crippen molar-refractivity contribution in [3.8, 4) is 0 Å². The normalized spacial score (nSPS) is 28.4. The van der Waals surface area contributed by atoms with Crippen LogP contribution in [0.25, 0.3) is 0 Å².